The van der Waals surface area contributed by atoms with Crippen LogP contribution in [0.3, 0.4) is 0 Å². The summed E-state index contributed by atoms with van der Waals surface area (Å²) in [5.41, 5.74) is 0.401. The zero-order valence-electron chi connectivity index (χ0n) is 12.1. The van der Waals surface area contributed by atoms with Crippen LogP contribution in [0, 0.1) is 0 Å². The fraction of sp³-hybridized carbons (Fsp3) is 0.625. The van der Waals surface area contributed by atoms with Crippen molar-refractivity contribution >= 4 is 0 Å². The lowest BCUT2D eigenvalue weighted by atomic mass is 10.1. The van der Waals surface area contributed by atoms with Gasteiger partial charge in [-0.2, -0.15) is 13.2 Å². The molecular weight excluding hydrogens is 277 g/mol. The maximum absolute atomic E-state index is 12.6. The van der Waals surface area contributed by atoms with Crippen molar-refractivity contribution in [2.45, 2.75) is 38.0 Å². The molecule has 5 heteroatoms. The number of nitrogens with zero attached hydrogens (tertiary/aromatic N) is 2. The summed E-state index contributed by atoms with van der Waals surface area (Å²) >= 11 is 0. The van der Waals surface area contributed by atoms with Crippen molar-refractivity contribution in [3.63, 3.8) is 0 Å². The van der Waals surface area contributed by atoms with E-state index in [0.29, 0.717) is 6.04 Å². The van der Waals surface area contributed by atoms with Gasteiger partial charge in [-0.1, -0.05) is 12.1 Å². The second-order valence-corrected chi connectivity index (χ2v) is 6.12. The van der Waals surface area contributed by atoms with Crippen LogP contribution in [-0.2, 0) is 12.7 Å². The third kappa shape index (κ3) is 3.58. The minimum Gasteiger partial charge on any atom is -0.299 e. The summed E-state index contributed by atoms with van der Waals surface area (Å²) in [7, 11) is 0. The SMILES string of the molecule is FC(F)(F)c1ccc(CN2CCCN3CCC[C@@H]3C2)cc1. The van der Waals surface area contributed by atoms with Crippen LogP contribution in [0.4, 0.5) is 13.2 Å². The zero-order valence-corrected chi connectivity index (χ0v) is 12.1. The predicted molar refractivity (Wildman–Crippen MR) is 75.9 cm³/mol. The molecule has 0 amide bonds. The highest BCUT2D eigenvalue weighted by Gasteiger charge is 2.30. The molecule has 2 aliphatic rings. The predicted octanol–water partition coefficient (Wildman–Crippen LogP) is 3.38. The van der Waals surface area contributed by atoms with Crippen LogP contribution in [0.25, 0.3) is 0 Å². The van der Waals surface area contributed by atoms with Gasteiger partial charge in [-0.25, -0.2) is 0 Å². The van der Waals surface area contributed by atoms with Crippen molar-refractivity contribution in [1.29, 1.82) is 0 Å². The quantitative estimate of drug-likeness (QED) is 0.826. The Balaban J connectivity index is 1.63. The zero-order chi connectivity index (χ0) is 14.9. The number of benzene rings is 1. The van der Waals surface area contributed by atoms with E-state index in [1.165, 1.54) is 31.5 Å². The molecule has 1 aromatic rings. The number of hydrogen-bond donors (Lipinski definition) is 0. The fourth-order valence-corrected chi connectivity index (χ4v) is 3.48. The highest BCUT2D eigenvalue weighted by molar-refractivity contribution is 5.24. The molecule has 3 rings (SSSR count). The number of hydrogen-bond acceptors (Lipinski definition) is 2. The molecule has 2 heterocycles. The molecule has 2 aliphatic heterocycles. The Labute approximate surface area is 123 Å². The van der Waals surface area contributed by atoms with E-state index in [2.05, 4.69) is 9.80 Å². The highest BCUT2D eigenvalue weighted by atomic mass is 19.4. The molecule has 0 N–H and O–H groups in total. The molecule has 2 fully saturated rings. The van der Waals surface area contributed by atoms with Gasteiger partial charge in [0.15, 0.2) is 0 Å². The topological polar surface area (TPSA) is 6.48 Å². The molecule has 0 radical (unpaired) electrons. The molecule has 0 saturated carbocycles. The molecule has 0 spiro atoms. The van der Waals surface area contributed by atoms with E-state index >= 15 is 0 Å². The van der Waals surface area contributed by atoms with Gasteiger partial charge in [0.1, 0.15) is 0 Å². The average Bonchev–Trinajstić information content (AvgIpc) is 2.77. The highest BCUT2D eigenvalue weighted by Crippen LogP contribution is 2.29. The Bertz CT molecular complexity index is 469. The van der Waals surface area contributed by atoms with Crippen molar-refractivity contribution in [2.24, 2.45) is 0 Å². The van der Waals surface area contributed by atoms with Crippen molar-refractivity contribution in [3.8, 4) is 0 Å². The number of alkyl halides is 3. The molecule has 1 atom stereocenters. The fourth-order valence-electron chi connectivity index (χ4n) is 3.48. The third-order valence-corrected chi connectivity index (χ3v) is 4.58. The van der Waals surface area contributed by atoms with E-state index in [1.54, 1.807) is 12.1 Å². The Morgan fingerprint density at radius 3 is 2.43 bits per heavy atom. The minimum absolute atomic E-state index is 0.566. The Kier molecular flexibility index (Phi) is 4.22. The first kappa shape index (κ1) is 14.9. The molecule has 0 aromatic heterocycles. The van der Waals surface area contributed by atoms with Crippen molar-refractivity contribution < 1.29 is 13.2 Å². The van der Waals surface area contributed by atoms with E-state index in [0.717, 1.165) is 38.2 Å². The van der Waals surface area contributed by atoms with Gasteiger partial charge in [0, 0.05) is 19.1 Å². The lowest BCUT2D eigenvalue weighted by Gasteiger charge is -2.25. The largest absolute Gasteiger partial charge is 0.416 e. The van der Waals surface area contributed by atoms with E-state index < -0.39 is 11.7 Å². The Hall–Kier alpha value is -1.07. The van der Waals surface area contributed by atoms with Crippen LogP contribution in [0.2, 0.25) is 0 Å². The smallest absolute Gasteiger partial charge is 0.299 e. The third-order valence-electron chi connectivity index (χ3n) is 4.58. The normalized spacial score (nSPS) is 24.8. The maximum Gasteiger partial charge on any atom is 0.416 e. The van der Waals surface area contributed by atoms with Gasteiger partial charge in [-0.05, 0) is 56.6 Å². The summed E-state index contributed by atoms with van der Waals surface area (Å²) in [5.74, 6) is 0. The van der Waals surface area contributed by atoms with Crippen LogP contribution >= 0.6 is 0 Å². The molecular formula is C16H21F3N2. The van der Waals surface area contributed by atoms with Gasteiger partial charge in [-0.3, -0.25) is 9.80 Å². The van der Waals surface area contributed by atoms with E-state index in [9.17, 15) is 13.2 Å². The van der Waals surface area contributed by atoms with E-state index in [4.69, 9.17) is 0 Å². The molecule has 0 aliphatic carbocycles. The van der Waals surface area contributed by atoms with Gasteiger partial charge in [0.05, 0.1) is 5.56 Å². The summed E-state index contributed by atoms with van der Waals surface area (Å²) in [6, 6.07) is 6.24. The molecule has 116 valence electrons. The molecule has 1 aromatic carbocycles. The van der Waals surface area contributed by atoms with Crippen molar-refractivity contribution in [3.05, 3.63) is 35.4 Å². The maximum atomic E-state index is 12.6. The van der Waals surface area contributed by atoms with Gasteiger partial charge < -0.3 is 0 Å². The van der Waals surface area contributed by atoms with Gasteiger partial charge >= 0.3 is 6.18 Å². The Morgan fingerprint density at radius 2 is 1.71 bits per heavy atom. The molecule has 0 bridgehead atoms. The summed E-state index contributed by atoms with van der Waals surface area (Å²) in [6.45, 7) is 5.20. The summed E-state index contributed by atoms with van der Waals surface area (Å²) in [5, 5.41) is 0. The van der Waals surface area contributed by atoms with Crippen LogP contribution < -0.4 is 0 Å². The Morgan fingerprint density at radius 1 is 1.00 bits per heavy atom. The second-order valence-electron chi connectivity index (χ2n) is 6.12. The van der Waals surface area contributed by atoms with Crippen molar-refractivity contribution in [1.82, 2.24) is 9.80 Å². The molecule has 0 unspecified atom stereocenters. The summed E-state index contributed by atoms with van der Waals surface area (Å²) in [6.07, 6.45) is -0.565. The molecule has 21 heavy (non-hydrogen) atoms. The van der Waals surface area contributed by atoms with Gasteiger partial charge in [0.2, 0.25) is 0 Å². The summed E-state index contributed by atoms with van der Waals surface area (Å²) in [4.78, 5) is 4.95. The molecule has 2 saturated heterocycles. The van der Waals surface area contributed by atoms with Gasteiger partial charge in [0.25, 0.3) is 0 Å². The number of fused-ring (bicyclic) bond motifs is 1. The standard InChI is InChI=1S/C16H21F3N2/c17-16(18,19)14-6-4-13(5-7-14)11-20-8-2-10-21-9-1-3-15(21)12-20/h4-7,15H,1-3,8-12H2/t15-/m1/s1. The lowest BCUT2D eigenvalue weighted by molar-refractivity contribution is -0.137. The lowest BCUT2D eigenvalue weighted by Crippen LogP contribution is -2.36. The second kappa shape index (κ2) is 5.97. The van der Waals surface area contributed by atoms with E-state index in [-0.39, 0.29) is 0 Å². The minimum atomic E-state index is -4.24. The first-order valence-corrected chi connectivity index (χ1v) is 7.65. The van der Waals surface area contributed by atoms with E-state index in [1.807, 2.05) is 0 Å². The van der Waals surface area contributed by atoms with Crippen LogP contribution in [0.15, 0.2) is 24.3 Å². The monoisotopic (exact) mass is 298 g/mol. The van der Waals surface area contributed by atoms with Crippen LogP contribution in [0.5, 0.6) is 0 Å². The van der Waals surface area contributed by atoms with Crippen LogP contribution in [-0.4, -0.2) is 42.0 Å². The van der Waals surface area contributed by atoms with Crippen LogP contribution in [0.1, 0.15) is 30.4 Å². The average molecular weight is 298 g/mol. The van der Waals surface area contributed by atoms with Gasteiger partial charge in [-0.15, -0.1) is 0 Å². The van der Waals surface area contributed by atoms with Crippen molar-refractivity contribution in [2.75, 3.05) is 26.2 Å². The number of rotatable bonds is 2. The molecule has 2 nitrogen and oxygen atoms in total. The summed E-state index contributed by atoms with van der Waals surface area (Å²) < 4.78 is 37.7. The first-order chi connectivity index (χ1) is 10.0. The first-order valence-electron chi connectivity index (χ1n) is 7.65. The number of halogens is 3.